The standard InChI is InChI=1S/C14H12N4/c15-10-6-7-14(17-9-10)18-13-5-1-4-12-11(13)3-2-8-16-12/h1-9H,15H2,(H,17,18). The van der Waals surface area contributed by atoms with Gasteiger partial charge in [0.15, 0.2) is 0 Å². The summed E-state index contributed by atoms with van der Waals surface area (Å²) in [5.74, 6) is 0.764. The molecule has 88 valence electrons. The van der Waals surface area contributed by atoms with Crippen LogP contribution in [0.4, 0.5) is 17.2 Å². The first-order valence-electron chi connectivity index (χ1n) is 5.65. The van der Waals surface area contributed by atoms with Gasteiger partial charge in [-0.25, -0.2) is 4.98 Å². The summed E-state index contributed by atoms with van der Waals surface area (Å²) in [6, 6.07) is 13.6. The lowest BCUT2D eigenvalue weighted by atomic mass is 10.2. The average Bonchev–Trinajstić information content (AvgIpc) is 2.42. The van der Waals surface area contributed by atoms with E-state index in [2.05, 4.69) is 15.3 Å². The van der Waals surface area contributed by atoms with E-state index in [1.165, 1.54) is 0 Å². The van der Waals surface area contributed by atoms with Crippen LogP contribution >= 0.6 is 0 Å². The summed E-state index contributed by atoms with van der Waals surface area (Å²) in [4.78, 5) is 8.54. The number of nitrogens with zero attached hydrogens (tertiary/aromatic N) is 2. The van der Waals surface area contributed by atoms with Crippen molar-refractivity contribution in [3.8, 4) is 0 Å². The molecule has 4 nitrogen and oxygen atoms in total. The predicted octanol–water partition coefficient (Wildman–Crippen LogP) is 2.96. The Balaban J connectivity index is 2.02. The van der Waals surface area contributed by atoms with E-state index in [9.17, 15) is 0 Å². The second-order valence-corrected chi connectivity index (χ2v) is 3.98. The van der Waals surface area contributed by atoms with Crippen LogP contribution in [-0.2, 0) is 0 Å². The van der Waals surface area contributed by atoms with Gasteiger partial charge >= 0.3 is 0 Å². The molecule has 0 radical (unpaired) electrons. The largest absolute Gasteiger partial charge is 0.397 e. The molecule has 18 heavy (non-hydrogen) atoms. The highest BCUT2D eigenvalue weighted by Gasteiger charge is 2.01. The zero-order chi connectivity index (χ0) is 12.4. The third-order valence-corrected chi connectivity index (χ3v) is 2.69. The lowest BCUT2D eigenvalue weighted by Gasteiger charge is -2.08. The zero-order valence-electron chi connectivity index (χ0n) is 9.67. The second-order valence-electron chi connectivity index (χ2n) is 3.98. The van der Waals surface area contributed by atoms with E-state index in [-0.39, 0.29) is 0 Å². The molecule has 1 aromatic carbocycles. The monoisotopic (exact) mass is 236 g/mol. The lowest BCUT2D eigenvalue weighted by Crippen LogP contribution is -1.95. The molecule has 0 aliphatic heterocycles. The molecule has 0 fully saturated rings. The van der Waals surface area contributed by atoms with Crippen molar-refractivity contribution in [3.05, 3.63) is 54.9 Å². The first kappa shape index (κ1) is 10.5. The van der Waals surface area contributed by atoms with E-state index in [1.54, 1.807) is 12.4 Å². The Kier molecular flexibility index (Phi) is 2.53. The average molecular weight is 236 g/mol. The Morgan fingerprint density at radius 2 is 1.89 bits per heavy atom. The first-order valence-corrected chi connectivity index (χ1v) is 5.65. The van der Waals surface area contributed by atoms with Gasteiger partial charge in [-0.15, -0.1) is 0 Å². The van der Waals surface area contributed by atoms with Gasteiger partial charge < -0.3 is 11.1 Å². The van der Waals surface area contributed by atoms with Crippen molar-refractivity contribution in [3.63, 3.8) is 0 Å². The lowest BCUT2D eigenvalue weighted by molar-refractivity contribution is 1.31. The number of aromatic nitrogens is 2. The van der Waals surface area contributed by atoms with Crippen LogP contribution in [0.1, 0.15) is 0 Å². The molecular weight excluding hydrogens is 224 g/mol. The Morgan fingerprint density at radius 3 is 2.72 bits per heavy atom. The summed E-state index contributed by atoms with van der Waals surface area (Å²) in [6.45, 7) is 0. The molecule has 2 heterocycles. The van der Waals surface area contributed by atoms with E-state index < -0.39 is 0 Å². The highest BCUT2D eigenvalue weighted by molar-refractivity contribution is 5.92. The Bertz CT molecular complexity index is 671. The van der Waals surface area contributed by atoms with E-state index in [1.807, 2.05) is 42.5 Å². The van der Waals surface area contributed by atoms with E-state index in [0.29, 0.717) is 5.69 Å². The van der Waals surface area contributed by atoms with Crippen LogP contribution < -0.4 is 11.1 Å². The Hall–Kier alpha value is -2.62. The van der Waals surface area contributed by atoms with Gasteiger partial charge in [0.2, 0.25) is 0 Å². The molecule has 0 saturated heterocycles. The van der Waals surface area contributed by atoms with Gasteiger partial charge in [-0.3, -0.25) is 4.98 Å². The van der Waals surface area contributed by atoms with Crippen molar-refractivity contribution < 1.29 is 0 Å². The molecule has 3 aromatic rings. The van der Waals surface area contributed by atoms with Crippen LogP contribution in [0.2, 0.25) is 0 Å². The van der Waals surface area contributed by atoms with Crippen molar-refractivity contribution in [1.29, 1.82) is 0 Å². The summed E-state index contributed by atoms with van der Waals surface area (Å²) in [5.41, 5.74) is 8.20. The third-order valence-electron chi connectivity index (χ3n) is 2.69. The van der Waals surface area contributed by atoms with Gasteiger partial charge in [0.1, 0.15) is 5.82 Å². The quantitative estimate of drug-likeness (QED) is 0.718. The molecule has 0 atom stereocenters. The Morgan fingerprint density at radius 1 is 0.944 bits per heavy atom. The number of pyridine rings is 2. The molecule has 0 saturated carbocycles. The number of hydrogen-bond donors (Lipinski definition) is 2. The molecule has 0 aliphatic carbocycles. The number of anilines is 3. The van der Waals surface area contributed by atoms with Crippen LogP contribution in [0.5, 0.6) is 0 Å². The van der Waals surface area contributed by atoms with Crippen LogP contribution in [0.25, 0.3) is 10.9 Å². The van der Waals surface area contributed by atoms with Gasteiger partial charge in [0.25, 0.3) is 0 Å². The molecule has 2 aromatic heterocycles. The normalized spacial score (nSPS) is 10.4. The predicted molar refractivity (Wildman–Crippen MR) is 73.7 cm³/mol. The highest BCUT2D eigenvalue weighted by Crippen LogP contribution is 2.24. The molecular formula is C14H12N4. The maximum atomic E-state index is 5.61. The summed E-state index contributed by atoms with van der Waals surface area (Å²) in [7, 11) is 0. The minimum absolute atomic E-state index is 0.653. The highest BCUT2D eigenvalue weighted by atomic mass is 15.0. The van der Waals surface area contributed by atoms with Gasteiger partial charge in [0.05, 0.1) is 17.4 Å². The minimum atomic E-state index is 0.653. The molecule has 4 heteroatoms. The number of rotatable bonds is 2. The fraction of sp³-hybridized carbons (Fsp3) is 0. The summed E-state index contributed by atoms with van der Waals surface area (Å²) >= 11 is 0. The van der Waals surface area contributed by atoms with Crippen LogP contribution in [-0.4, -0.2) is 9.97 Å². The SMILES string of the molecule is Nc1ccc(Nc2cccc3ncccc23)nc1. The summed E-state index contributed by atoms with van der Waals surface area (Å²) < 4.78 is 0. The summed E-state index contributed by atoms with van der Waals surface area (Å²) in [5, 5.41) is 4.34. The van der Waals surface area contributed by atoms with E-state index in [0.717, 1.165) is 22.4 Å². The number of hydrogen-bond acceptors (Lipinski definition) is 4. The Labute approximate surface area is 104 Å². The van der Waals surface area contributed by atoms with Crippen molar-refractivity contribution in [1.82, 2.24) is 9.97 Å². The first-order chi connectivity index (χ1) is 8.83. The number of fused-ring (bicyclic) bond motifs is 1. The third kappa shape index (κ3) is 1.96. The maximum Gasteiger partial charge on any atom is 0.130 e. The number of nitrogens with one attached hydrogen (secondary N) is 1. The molecule has 0 bridgehead atoms. The number of nitrogens with two attached hydrogens (primary N) is 1. The van der Waals surface area contributed by atoms with E-state index >= 15 is 0 Å². The topological polar surface area (TPSA) is 63.8 Å². The molecule has 0 amide bonds. The molecule has 3 N–H and O–H groups in total. The number of nitrogen functional groups attached to an aromatic ring is 1. The van der Waals surface area contributed by atoms with Gasteiger partial charge in [-0.2, -0.15) is 0 Å². The molecule has 3 rings (SSSR count). The summed E-state index contributed by atoms with van der Waals surface area (Å²) in [6.07, 6.45) is 3.42. The van der Waals surface area contributed by atoms with Gasteiger partial charge in [-0.1, -0.05) is 6.07 Å². The fourth-order valence-electron chi connectivity index (χ4n) is 1.83. The van der Waals surface area contributed by atoms with Crippen LogP contribution in [0.3, 0.4) is 0 Å². The molecule has 0 unspecified atom stereocenters. The van der Waals surface area contributed by atoms with Crippen molar-refractivity contribution >= 4 is 28.1 Å². The molecule has 0 spiro atoms. The fourth-order valence-corrected chi connectivity index (χ4v) is 1.83. The van der Waals surface area contributed by atoms with Gasteiger partial charge in [-0.05, 0) is 36.4 Å². The van der Waals surface area contributed by atoms with Gasteiger partial charge in [0, 0.05) is 17.3 Å². The van der Waals surface area contributed by atoms with E-state index in [4.69, 9.17) is 5.73 Å². The number of benzene rings is 1. The van der Waals surface area contributed by atoms with Crippen molar-refractivity contribution in [2.24, 2.45) is 0 Å². The van der Waals surface area contributed by atoms with Crippen LogP contribution in [0.15, 0.2) is 54.9 Å². The smallest absolute Gasteiger partial charge is 0.130 e. The van der Waals surface area contributed by atoms with Crippen LogP contribution in [0, 0.1) is 0 Å². The zero-order valence-corrected chi connectivity index (χ0v) is 9.67. The minimum Gasteiger partial charge on any atom is -0.397 e. The molecule has 0 aliphatic rings. The van der Waals surface area contributed by atoms with Crippen molar-refractivity contribution in [2.45, 2.75) is 0 Å². The van der Waals surface area contributed by atoms with Crippen molar-refractivity contribution in [2.75, 3.05) is 11.1 Å². The second kappa shape index (κ2) is 4.33. The maximum absolute atomic E-state index is 5.61.